The number of hydrogen-bond acceptors (Lipinski definition) is 5. The van der Waals surface area contributed by atoms with Crippen LogP contribution in [0.15, 0.2) is 42.5 Å². The first-order chi connectivity index (χ1) is 14.6. The Labute approximate surface area is 185 Å². The van der Waals surface area contributed by atoms with Crippen molar-refractivity contribution in [3.63, 3.8) is 0 Å². The number of halogens is 1. The van der Waals surface area contributed by atoms with Gasteiger partial charge in [0.1, 0.15) is 5.75 Å². The molecule has 0 bridgehead atoms. The maximum atomic E-state index is 10.0. The van der Waals surface area contributed by atoms with Gasteiger partial charge in [0, 0.05) is 25.0 Å². The molecular weight excluding hydrogens is 404 g/mol. The van der Waals surface area contributed by atoms with E-state index < -0.39 is 6.10 Å². The predicted octanol–water partition coefficient (Wildman–Crippen LogP) is 4.54. The fourth-order valence-corrected chi connectivity index (χ4v) is 3.53. The second kappa shape index (κ2) is 14.4. The molecule has 0 spiro atoms. The summed E-state index contributed by atoms with van der Waals surface area (Å²) in [4.78, 5) is 0. The number of aliphatic hydroxyl groups excluding tert-OH is 3. The maximum Gasteiger partial charge on any atom is 0.119 e. The highest BCUT2D eigenvalue weighted by molar-refractivity contribution is 6.31. The van der Waals surface area contributed by atoms with Crippen LogP contribution in [-0.4, -0.2) is 47.9 Å². The molecule has 0 aromatic heterocycles. The molecule has 3 atom stereocenters. The van der Waals surface area contributed by atoms with Gasteiger partial charge in [-0.1, -0.05) is 49.7 Å². The summed E-state index contributed by atoms with van der Waals surface area (Å²) >= 11 is 6.40. The smallest absolute Gasteiger partial charge is 0.119 e. The van der Waals surface area contributed by atoms with Crippen LogP contribution < -0.4 is 4.74 Å². The lowest BCUT2D eigenvalue weighted by Gasteiger charge is -2.32. The van der Waals surface area contributed by atoms with Crippen LogP contribution in [0.5, 0.6) is 5.75 Å². The van der Waals surface area contributed by atoms with Gasteiger partial charge in [0.2, 0.25) is 0 Å². The van der Waals surface area contributed by atoms with Crippen molar-refractivity contribution < 1.29 is 24.8 Å². The van der Waals surface area contributed by atoms with Gasteiger partial charge in [-0.25, -0.2) is 0 Å². The van der Waals surface area contributed by atoms with Crippen molar-refractivity contribution in [3.8, 4) is 5.75 Å². The van der Waals surface area contributed by atoms with Crippen LogP contribution >= 0.6 is 11.6 Å². The quantitative estimate of drug-likeness (QED) is 0.617. The van der Waals surface area contributed by atoms with Crippen LogP contribution in [0.25, 0.3) is 0 Å². The first kappa shape index (κ1) is 26.4. The summed E-state index contributed by atoms with van der Waals surface area (Å²) in [5.74, 6) is 0.857. The topological polar surface area (TPSA) is 79.2 Å². The lowest BCUT2D eigenvalue weighted by molar-refractivity contribution is -0.113. The molecule has 1 aliphatic rings. The van der Waals surface area contributed by atoms with Crippen molar-refractivity contribution in [3.05, 3.63) is 64.2 Å². The maximum absolute atomic E-state index is 10.0. The zero-order valence-corrected chi connectivity index (χ0v) is 19.1. The minimum Gasteiger partial charge on any atom is -0.494 e. The lowest BCUT2D eigenvalue weighted by Crippen LogP contribution is -2.33. The van der Waals surface area contributed by atoms with E-state index in [2.05, 4.69) is 0 Å². The van der Waals surface area contributed by atoms with Gasteiger partial charge < -0.3 is 24.8 Å². The van der Waals surface area contributed by atoms with E-state index in [0.29, 0.717) is 30.9 Å². The van der Waals surface area contributed by atoms with Crippen LogP contribution in [-0.2, 0) is 11.2 Å². The highest BCUT2D eigenvalue weighted by Gasteiger charge is 2.29. The molecule has 0 aliphatic carbocycles. The lowest BCUT2D eigenvalue weighted by atomic mass is 9.94. The fourth-order valence-electron chi connectivity index (χ4n) is 3.34. The third-order valence-electron chi connectivity index (χ3n) is 4.65. The van der Waals surface area contributed by atoms with Gasteiger partial charge in [0.05, 0.1) is 31.5 Å². The van der Waals surface area contributed by atoms with Crippen molar-refractivity contribution >= 4 is 11.6 Å². The molecule has 3 unspecified atom stereocenters. The Balaban J connectivity index is 0.00000106. The van der Waals surface area contributed by atoms with E-state index >= 15 is 0 Å². The Morgan fingerprint density at radius 1 is 1.07 bits per heavy atom. The summed E-state index contributed by atoms with van der Waals surface area (Å²) in [6.45, 7) is 6.53. The predicted molar refractivity (Wildman–Crippen MR) is 121 cm³/mol. The molecule has 6 heteroatoms. The minimum absolute atomic E-state index is 0.0831. The van der Waals surface area contributed by atoms with E-state index in [0.717, 1.165) is 29.5 Å². The highest BCUT2D eigenvalue weighted by atomic mass is 35.5. The van der Waals surface area contributed by atoms with Crippen LogP contribution in [0.1, 0.15) is 56.4 Å². The zero-order valence-electron chi connectivity index (χ0n) is 18.3. The Morgan fingerprint density at radius 2 is 1.73 bits per heavy atom. The van der Waals surface area contributed by atoms with E-state index in [1.807, 2.05) is 63.2 Å². The van der Waals surface area contributed by atoms with E-state index in [4.69, 9.17) is 26.2 Å². The van der Waals surface area contributed by atoms with E-state index in [1.165, 1.54) is 0 Å². The molecule has 1 aliphatic heterocycles. The van der Waals surface area contributed by atoms with Crippen LogP contribution in [0.3, 0.4) is 0 Å². The van der Waals surface area contributed by atoms with Crippen molar-refractivity contribution in [1.82, 2.24) is 0 Å². The molecule has 0 amide bonds. The van der Waals surface area contributed by atoms with E-state index in [-0.39, 0.29) is 18.8 Å². The molecule has 1 fully saturated rings. The average molecular weight is 439 g/mol. The molecule has 168 valence electrons. The van der Waals surface area contributed by atoms with Gasteiger partial charge in [-0.2, -0.15) is 0 Å². The highest BCUT2D eigenvalue weighted by Crippen LogP contribution is 2.33. The molecule has 1 saturated heterocycles. The largest absolute Gasteiger partial charge is 0.494 e. The van der Waals surface area contributed by atoms with Crippen molar-refractivity contribution in [2.24, 2.45) is 0 Å². The summed E-state index contributed by atoms with van der Waals surface area (Å²) < 4.78 is 11.4. The normalized spacial score (nSPS) is 20.3. The number of benzene rings is 2. The van der Waals surface area contributed by atoms with Gasteiger partial charge in [0.25, 0.3) is 0 Å². The second-order valence-corrected chi connectivity index (χ2v) is 7.07. The number of hydrogen-bond donors (Lipinski definition) is 3. The Hall–Kier alpha value is -1.63. The average Bonchev–Trinajstić information content (AvgIpc) is 2.79. The summed E-state index contributed by atoms with van der Waals surface area (Å²) in [5.41, 5.74) is 3.13. The van der Waals surface area contributed by atoms with Crippen molar-refractivity contribution in [2.45, 2.75) is 58.3 Å². The summed E-state index contributed by atoms with van der Waals surface area (Å²) in [6.07, 6.45) is 0.690. The van der Waals surface area contributed by atoms with Gasteiger partial charge in [-0.15, -0.1) is 0 Å². The first-order valence-corrected chi connectivity index (χ1v) is 10.9. The monoisotopic (exact) mass is 438 g/mol. The van der Waals surface area contributed by atoms with Gasteiger partial charge in [0.15, 0.2) is 0 Å². The minimum atomic E-state index is -0.462. The van der Waals surface area contributed by atoms with Gasteiger partial charge >= 0.3 is 0 Å². The summed E-state index contributed by atoms with van der Waals surface area (Å²) in [6, 6.07) is 13.8. The number of ether oxygens (including phenoxy) is 2. The molecule has 0 radical (unpaired) electrons. The van der Waals surface area contributed by atoms with E-state index in [9.17, 15) is 10.2 Å². The number of rotatable bonds is 6. The van der Waals surface area contributed by atoms with Crippen molar-refractivity contribution in [1.29, 1.82) is 0 Å². The fraction of sp³-hybridized carbons (Fsp3) is 0.500. The van der Waals surface area contributed by atoms with Gasteiger partial charge in [-0.05, 0) is 48.2 Å². The SMILES string of the molecule is CC.CCOc1ccc(Cc2cc(C3CC(O)CC(CO)O3)ccc2Cl)cc1.CO. The van der Waals surface area contributed by atoms with Crippen molar-refractivity contribution in [2.75, 3.05) is 20.3 Å². The molecule has 5 nitrogen and oxygen atoms in total. The zero-order chi connectivity index (χ0) is 22.5. The number of aliphatic hydroxyl groups is 3. The Morgan fingerprint density at radius 3 is 2.33 bits per heavy atom. The Kier molecular flexibility index (Phi) is 12.7. The van der Waals surface area contributed by atoms with Crippen LogP contribution in [0.4, 0.5) is 0 Å². The molecule has 0 saturated carbocycles. The summed E-state index contributed by atoms with van der Waals surface area (Å²) in [5, 5.41) is 27.1. The molecule has 3 rings (SSSR count). The van der Waals surface area contributed by atoms with Crippen LogP contribution in [0.2, 0.25) is 5.02 Å². The van der Waals surface area contributed by atoms with Gasteiger partial charge in [-0.3, -0.25) is 0 Å². The molecule has 3 N–H and O–H groups in total. The summed E-state index contributed by atoms with van der Waals surface area (Å²) in [7, 11) is 1.00. The standard InChI is InChI=1S/C21H25ClO4.C2H6.CH4O/c1-2-25-18-6-3-14(4-7-18)9-16-10-15(5-8-20(16)22)21-12-17(24)11-19(13-23)26-21;2*1-2/h3-8,10,17,19,21,23-24H,2,9,11-13H2,1H3;1-2H3;2H,1H3. The molecule has 1 heterocycles. The molecule has 2 aromatic rings. The van der Waals surface area contributed by atoms with Crippen LogP contribution in [0, 0.1) is 0 Å². The second-order valence-electron chi connectivity index (χ2n) is 6.66. The van der Waals surface area contributed by atoms with E-state index in [1.54, 1.807) is 0 Å². The molecule has 2 aromatic carbocycles. The third-order valence-corrected chi connectivity index (χ3v) is 5.02. The Bertz CT molecular complexity index is 720. The molecular formula is C24H35ClO5. The molecule has 30 heavy (non-hydrogen) atoms. The first-order valence-electron chi connectivity index (χ1n) is 10.5. The third kappa shape index (κ3) is 7.89.